The standard InChI is InChI=1S/C16H14BrFN2O/c1-20-9-11-8-10(6-7-14(11)19-16(20)21)15(17)12-4-2-3-5-13(12)18/h2-8,15H,9H2,1H3,(H,19,21). The summed E-state index contributed by atoms with van der Waals surface area (Å²) in [5.41, 5.74) is 3.40. The zero-order chi connectivity index (χ0) is 15.0. The molecule has 1 heterocycles. The van der Waals surface area contributed by atoms with Crippen molar-refractivity contribution in [1.29, 1.82) is 0 Å². The van der Waals surface area contributed by atoms with Gasteiger partial charge in [0.15, 0.2) is 0 Å². The van der Waals surface area contributed by atoms with Crippen LogP contribution in [0, 0.1) is 5.82 Å². The first-order chi connectivity index (χ1) is 10.1. The van der Waals surface area contributed by atoms with Gasteiger partial charge >= 0.3 is 6.03 Å². The van der Waals surface area contributed by atoms with E-state index in [0.29, 0.717) is 12.1 Å². The minimum Gasteiger partial charge on any atom is -0.323 e. The largest absolute Gasteiger partial charge is 0.323 e. The summed E-state index contributed by atoms with van der Waals surface area (Å²) < 4.78 is 13.9. The van der Waals surface area contributed by atoms with E-state index < -0.39 is 0 Å². The first-order valence-electron chi connectivity index (χ1n) is 6.59. The summed E-state index contributed by atoms with van der Waals surface area (Å²) in [6.07, 6.45) is 0. The minimum atomic E-state index is -0.234. The lowest BCUT2D eigenvalue weighted by atomic mass is 10.00. The van der Waals surface area contributed by atoms with Gasteiger partial charge in [0.25, 0.3) is 0 Å². The highest BCUT2D eigenvalue weighted by molar-refractivity contribution is 9.09. The van der Waals surface area contributed by atoms with Crippen molar-refractivity contribution in [3.05, 3.63) is 65.0 Å². The van der Waals surface area contributed by atoms with E-state index in [1.54, 1.807) is 24.1 Å². The van der Waals surface area contributed by atoms with Gasteiger partial charge in [0, 0.05) is 24.8 Å². The van der Waals surface area contributed by atoms with Gasteiger partial charge in [-0.15, -0.1) is 0 Å². The molecular weight excluding hydrogens is 335 g/mol. The van der Waals surface area contributed by atoms with Crippen molar-refractivity contribution < 1.29 is 9.18 Å². The third-order valence-corrected chi connectivity index (χ3v) is 4.62. The van der Waals surface area contributed by atoms with Crippen molar-refractivity contribution in [1.82, 2.24) is 4.90 Å². The second-order valence-corrected chi connectivity index (χ2v) is 6.00. The normalized spacial score (nSPS) is 15.4. The summed E-state index contributed by atoms with van der Waals surface area (Å²) in [5.74, 6) is -0.234. The van der Waals surface area contributed by atoms with Gasteiger partial charge in [-0.1, -0.05) is 46.3 Å². The topological polar surface area (TPSA) is 32.3 Å². The van der Waals surface area contributed by atoms with Crippen molar-refractivity contribution in [2.24, 2.45) is 0 Å². The maximum absolute atomic E-state index is 13.9. The van der Waals surface area contributed by atoms with Crippen LogP contribution in [0.15, 0.2) is 42.5 Å². The quantitative estimate of drug-likeness (QED) is 0.806. The Morgan fingerprint density at radius 2 is 2.05 bits per heavy atom. The predicted molar refractivity (Wildman–Crippen MR) is 84.1 cm³/mol. The van der Waals surface area contributed by atoms with Crippen molar-refractivity contribution in [3.63, 3.8) is 0 Å². The van der Waals surface area contributed by atoms with E-state index in [1.807, 2.05) is 24.3 Å². The summed E-state index contributed by atoms with van der Waals surface area (Å²) in [6, 6.07) is 12.4. The van der Waals surface area contributed by atoms with Crippen molar-refractivity contribution >= 4 is 27.6 Å². The van der Waals surface area contributed by atoms with E-state index in [2.05, 4.69) is 21.2 Å². The minimum absolute atomic E-state index is 0.111. The number of alkyl halides is 1. The average molecular weight is 349 g/mol. The van der Waals surface area contributed by atoms with Crippen molar-refractivity contribution in [2.75, 3.05) is 12.4 Å². The molecule has 1 N–H and O–H groups in total. The van der Waals surface area contributed by atoms with Gasteiger partial charge in [-0.05, 0) is 23.3 Å². The van der Waals surface area contributed by atoms with Crippen LogP contribution in [0.3, 0.4) is 0 Å². The number of nitrogens with one attached hydrogen (secondary N) is 1. The molecule has 3 nitrogen and oxygen atoms in total. The molecule has 0 aromatic heterocycles. The lowest BCUT2D eigenvalue weighted by Gasteiger charge is -2.26. The SMILES string of the molecule is CN1Cc2cc(C(Br)c3ccccc3F)ccc2NC1=O. The second-order valence-electron chi connectivity index (χ2n) is 5.09. The van der Waals surface area contributed by atoms with E-state index in [-0.39, 0.29) is 16.7 Å². The molecule has 1 atom stereocenters. The molecule has 1 aliphatic heterocycles. The fourth-order valence-corrected chi connectivity index (χ4v) is 3.08. The molecule has 108 valence electrons. The van der Waals surface area contributed by atoms with Gasteiger partial charge in [0.05, 0.1) is 4.83 Å². The molecule has 0 saturated carbocycles. The molecule has 2 aromatic rings. The Morgan fingerprint density at radius 3 is 2.81 bits per heavy atom. The molecule has 1 aliphatic rings. The number of benzene rings is 2. The van der Waals surface area contributed by atoms with Gasteiger partial charge in [0.2, 0.25) is 0 Å². The number of hydrogen-bond acceptors (Lipinski definition) is 1. The number of halogens is 2. The molecular formula is C16H14BrFN2O. The van der Waals surface area contributed by atoms with Gasteiger partial charge < -0.3 is 10.2 Å². The molecule has 3 rings (SSSR count). The molecule has 5 heteroatoms. The summed E-state index contributed by atoms with van der Waals surface area (Å²) in [4.78, 5) is 13.0. The fraction of sp³-hybridized carbons (Fsp3) is 0.188. The number of rotatable bonds is 2. The van der Waals surface area contributed by atoms with Crippen molar-refractivity contribution in [3.8, 4) is 0 Å². The van der Waals surface area contributed by atoms with Gasteiger partial charge in [-0.25, -0.2) is 9.18 Å². The molecule has 0 aliphatic carbocycles. The first kappa shape index (κ1) is 14.1. The van der Waals surface area contributed by atoms with E-state index in [1.165, 1.54) is 6.07 Å². The first-order valence-corrected chi connectivity index (χ1v) is 7.51. The third kappa shape index (κ3) is 2.65. The Hall–Kier alpha value is -1.88. The third-order valence-electron chi connectivity index (χ3n) is 3.60. The Balaban J connectivity index is 1.96. The maximum atomic E-state index is 13.9. The number of hydrogen-bond donors (Lipinski definition) is 1. The van der Waals surface area contributed by atoms with Gasteiger partial charge in [-0.2, -0.15) is 0 Å². The molecule has 21 heavy (non-hydrogen) atoms. The summed E-state index contributed by atoms with van der Waals surface area (Å²) >= 11 is 3.56. The molecule has 1 unspecified atom stereocenters. The van der Waals surface area contributed by atoms with Crippen LogP contribution < -0.4 is 5.32 Å². The monoisotopic (exact) mass is 348 g/mol. The smallest absolute Gasteiger partial charge is 0.321 e. The highest BCUT2D eigenvalue weighted by Crippen LogP contribution is 2.35. The van der Waals surface area contributed by atoms with Crippen LogP contribution in [-0.2, 0) is 6.54 Å². The number of amides is 2. The Kier molecular flexibility index (Phi) is 3.68. The maximum Gasteiger partial charge on any atom is 0.321 e. The zero-order valence-corrected chi connectivity index (χ0v) is 13.0. The number of anilines is 1. The second kappa shape index (κ2) is 5.48. The van der Waals surface area contributed by atoms with Crippen molar-refractivity contribution in [2.45, 2.75) is 11.4 Å². The lowest BCUT2D eigenvalue weighted by Crippen LogP contribution is -2.35. The molecule has 0 saturated heterocycles. The van der Waals surface area contributed by atoms with E-state index >= 15 is 0 Å². The Morgan fingerprint density at radius 1 is 1.29 bits per heavy atom. The molecule has 2 aromatic carbocycles. The lowest BCUT2D eigenvalue weighted by molar-refractivity contribution is 0.218. The summed E-state index contributed by atoms with van der Waals surface area (Å²) in [5, 5.41) is 2.82. The highest BCUT2D eigenvalue weighted by Gasteiger charge is 2.21. The summed E-state index contributed by atoms with van der Waals surface area (Å²) in [7, 11) is 1.74. The number of carbonyl (C=O) groups is 1. The average Bonchev–Trinajstić information content (AvgIpc) is 2.48. The Labute approximate surface area is 130 Å². The molecule has 0 bridgehead atoms. The van der Waals surface area contributed by atoms with Crippen LogP contribution in [0.2, 0.25) is 0 Å². The van der Waals surface area contributed by atoms with Crippen LogP contribution >= 0.6 is 15.9 Å². The van der Waals surface area contributed by atoms with E-state index in [4.69, 9.17) is 0 Å². The number of nitrogens with zero attached hydrogens (tertiary/aromatic N) is 1. The Bertz CT molecular complexity index is 704. The number of urea groups is 1. The van der Waals surface area contributed by atoms with Crippen LogP contribution in [0.4, 0.5) is 14.9 Å². The highest BCUT2D eigenvalue weighted by atomic mass is 79.9. The zero-order valence-electron chi connectivity index (χ0n) is 11.4. The van der Waals surface area contributed by atoms with Crippen LogP contribution in [0.1, 0.15) is 21.5 Å². The molecule has 0 fully saturated rings. The van der Waals surface area contributed by atoms with Gasteiger partial charge in [0.1, 0.15) is 5.82 Å². The fourth-order valence-electron chi connectivity index (χ4n) is 2.42. The van der Waals surface area contributed by atoms with E-state index in [9.17, 15) is 9.18 Å². The van der Waals surface area contributed by atoms with Crippen LogP contribution in [0.5, 0.6) is 0 Å². The van der Waals surface area contributed by atoms with E-state index in [0.717, 1.165) is 16.8 Å². The van der Waals surface area contributed by atoms with Crippen LogP contribution in [0.25, 0.3) is 0 Å². The molecule has 0 spiro atoms. The summed E-state index contributed by atoms with van der Waals surface area (Å²) in [6.45, 7) is 0.548. The van der Waals surface area contributed by atoms with Crippen LogP contribution in [-0.4, -0.2) is 18.0 Å². The van der Waals surface area contributed by atoms with Gasteiger partial charge in [-0.3, -0.25) is 0 Å². The predicted octanol–water partition coefficient (Wildman–Crippen LogP) is 4.29. The number of fused-ring (bicyclic) bond motifs is 1. The molecule has 2 amide bonds. The molecule has 0 radical (unpaired) electrons. The number of carbonyl (C=O) groups excluding carboxylic acids is 1.